The number of aryl methyl sites for hydroxylation is 2. The highest BCUT2D eigenvalue weighted by molar-refractivity contribution is 5.90. The minimum absolute atomic E-state index is 0.0386. The van der Waals surface area contributed by atoms with E-state index in [0.29, 0.717) is 173 Å². The monoisotopic (exact) mass is 1830 g/mol. The van der Waals surface area contributed by atoms with Gasteiger partial charge in [0, 0.05) is 160 Å². The molecule has 714 valence electrons. The quantitative estimate of drug-likeness (QED) is 0.0242. The van der Waals surface area contributed by atoms with Crippen LogP contribution in [0.4, 0.5) is 13.6 Å². The highest BCUT2D eigenvalue weighted by atomic mass is 19.1. The molecule has 3 unspecified atom stereocenters. The Morgan fingerprint density at radius 2 is 0.780 bits per heavy atom. The smallest absolute Gasteiger partial charge is 0.409 e. The van der Waals surface area contributed by atoms with Gasteiger partial charge in [-0.15, -0.1) is 0 Å². The third-order valence-corrected chi connectivity index (χ3v) is 24.0. The molecule has 132 heavy (non-hydrogen) atoms. The Bertz CT molecular complexity index is 4850. The van der Waals surface area contributed by atoms with E-state index in [1.54, 1.807) is 24.5 Å². The molecule has 0 radical (unpaired) electrons. The Labute approximate surface area is 765 Å². The summed E-state index contributed by atoms with van der Waals surface area (Å²) in [5, 5.41) is 75.5. The molecule has 0 aliphatic carbocycles. The number of pyridine rings is 1. The van der Waals surface area contributed by atoms with Gasteiger partial charge in [-0.1, -0.05) is 66.7 Å². The van der Waals surface area contributed by atoms with Gasteiger partial charge in [-0.05, 0) is 147 Å². The summed E-state index contributed by atoms with van der Waals surface area (Å²) in [6, 6.07) is 22.5. The van der Waals surface area contributed by atoms with Gasteiger partial charge in [-0.25, -0.2) is 13.6 Å². The molecule has 8 aliphatic heterocycles. The van der Waals surface area contributed by atoms with Crippen molar-refractivity contribution in [3.05, 3.63) is 148 Å². The number of aromatic nitrogens is 1. The average molecular weight is 1840 g/mol. The Balaban J connectivity index is 0.000000183. The molecule has 0 spiro atoms. The summed E-state index contributed by atoms with van der Waals surface area (Å²) >= 11 is 0. The van der Waals surface area contributed by atoms with Gasteiger partial charge < -0.3 is 109 Å². The first-order valence-electron chi connectivity index (χ1n) is 45.5. The molecule has 4 atom stereocenters. The second-order valence-electron chi connectivity index (χ2n) is 33.5. The first-order chi connectivity index (χ1) is 63.7. The van der Waals surface area contributed by atoms with Crippen LogP contribution in [0.5, 0.6) is 0 Å². The number of nitrogens with one attached hydrogen (secondary N) is 12. The maximum atomic E-state index is 13.6. The number of carbonyl (C=O) groups excluding carboxylic acids is 8. The number of hydrogen-bond donors (Lipinski definition) is 16. The largest absolute Gasteiger partial charge is 0.481 e. The summed E-state index contributed by atoms with van der Waals surface area (Å²) in [5.41, 5.74) is 4.49. The fourth-order valence-electron chi connectivity index (χ4n) is 16.5. The number of piperidine rings is 4. The molecule has 9 heterocycles. The number of carboxylic acid groups (broad SMARTS) is 4. The van der Waals surface area contributed by atoms with Crippen molar-refractivity contribution in [1.82, 2.24) is 88.4 Å². The van der Waals surface area contributed by atoms with Gasteiger partial charge in [0.1, 0.15) is 18.2 Å². The predicted molar refractivity (Wildman–Crippen MR) is 487 cm³/mol. The molecule has 5 aromatic rings. The number of carbonyl (C=O) groups is 12. The molecule has 8 aliphatic rings. The van der Waals surface area contributed by atoms with Gasteiger partial charge >= 0.3 is 30.0 Å². The van der Waals surface area contributed by atoms with E-state index >= 15 is 0 Å². The second kappa shape index (κ2) is 52.5. The molecular formula is C92H125F2N21O17. The molecule has 1 aromatic heterocycles. The van der Waals surface area contributed by atoms with Gasteiger partial charge in [0.15, 0.2) is 23.8 Å². The van der Waals surface area contributed by atoms with Crippen molar-refractivity contribution in [3.8, 4) is 0 Å². The van der Waals surface area contributed by atoms with Crippen LogP contribution in [0, 0.1) is 49.2 Å². The Kier molecular flexibility index (Phi) is 40.1. The minimum atomic E-state index is -1.21. The molecule has 4 fully saturated rings. The van der Waals surface area contributed by atoms with E-state index in [2.05, 4.69) is 88.8 Å². The van der Waals surface area contributed by atoms with Crippen molar-refractivity contribution in [2.24, 2.45) is 43.6 Å². The van der Waals surface area contributed by atoms with E-state index in [9.17, 15) is 81.6 Å². The maximum absolute atomic E-state index is 13.6. The number of guanidine groups is 4. The van der Waals surface area contributed by atoms with Crippen LogP contribution in [-0.2, 0) is 57.5 Å². The summed E-state index contributed by atoms with van der Waals surface area (Å²) in [5.74, 6) is -4.47. The summed E-state index contributed by atoms with van der Waals surface area (Å²) in [6.07, 6.45) is 9.36. The van der Waals surface area contributed by atoms with Gasteiger partial charge in [0.25, 0.3) is 0 Å². The van der Waals surface area contributed by atoms with Crippen molar-refractivity contribution in [2.45, 2.75) is 154 Å². The Morgan fingerprint density at radius 3 is 1.17 bits per heavy atom. The average Bonchev–Trinajstić information content (AvgIpc) is 0.842. The number of fused-ring (bicyclic) bond motifs is 1. The van der Waals surface area contributed by atoms with Gasteiger partial charge in [-0.3, -0.25) is 77.7 Å². The van der Waals surface area contributed by atoms with Crippen LogP contribution in [0.15, 0.2) is 123 Å². The number of nitrogens with zero attached hydrogens (tertiary/aromatic N) is 9. The number of carboxylic acids is 4. The summed E-state index contributed by atoms with van der Waals surface area (Å²) in [6.45, 7) is 16.9. The number of hydrogen-bond acceptors (Lipinski definition) is 26. The number of likely N-dealkylation sites (tertiary alicyclic amines) is 4. The van der Waals surface area contributed by atoms with Crippen LogP contribution in [0.2, 0.25) is 0 Å². The predicted octanol–water partition coefficient (Wildman–Crippen LogP) is 4.82. The maximum Gasteiger partial charge on any atom is 0.409 e. The molecule has 4 saturated heterocycles. The van der Waals surface area contributed by atoms with Gasteiger partial charge in [-0.2, -0.15) is 0 Å². The van der Waals surface area contributed by atoms with E-state index < -0.39 is 84.0 Å². The van der Waals surface area contributed by atoms with Crippen molar-refractivity contribution in [3.63, 3.8) is 0 Å². The Hall–Kier alpha value is -13.3. The first-order valence-corrected chi connectivity index (χ1v) is 45.5. The van der Waals surface area contributed by atoms with E-state index in [4.69, 9.17) is 9.84 Å². The molecule has 38 nitrogen and oxygen atoms in total. The van der Waals surface area contributed by atoms with E-state index in [0.717, 1.165) is 128 Å². The number of benzene rings is 4. The lowest BCUT2D eigenvalue weighted by atomic mass is 9.93. The van der Waals surface area contributed by atoms with Crippen LogP contribution >= 0.6 is 0 Å². The lowest BCUT2D eigenvalue weighted by Crippen LogP contribution is -2.44. The lowest BCUT2D eigenvalue weighted by molar-refractivity contribution is -0.139. The summed E-state index contributed by atoms with van der Waals surface area (Å²) < 4.78 is 32.4. The van der Waals surface area contributed by atoms with Gasteiger partial charge in [0.2, 0.25) is 41.4 Å². The highest BCUT2D eigenvalue weighted by Gasteiger charge is 2.36. The number of amides is 8. The third-order valence-electron chi connectivity index (χ3n) is 24.0. The fourth-order valence-corrected chi connectivity index (χ4v) is 16.5. The van der Waals surface area contributed by atoms with Crippen LogP contribution in [0.1, 0.15) is 173 Å². The molecule has 0 bridgehead atoms. The molecule has 4 aromatic carbocycles. The normalized spacial score (nSPS) is 17.1. The zero-order valence-corrected chi connectivity index (χ0v) is 74.9. The van der Waals surface area contributed by atoms with Crippen LogP contribution in [-0.4, -0.2) is 278 Å². The number of ether oxygens (including phenoxy) is 1. The molecule has 0 saturated carbocycles. The topological polar surface area (TPSA) is 515 Å². The molecule has 40 heteroatoms. The fraction of sp³-hybridized carbons (Fsp3) is 0.533. The third kappa shape index (κ3) is 33.3. The molecular weight excluding hydrogens is 1710 g/mol. The van der Waals surface area contributed by atoms with E-state index in [1.165, 1.54) is 4.90 Å². The van der Waals surface area contributed by atoms with Gasteiger partial charge in [0.05, 0.1) is 82.6 Å². The summed E-state index contributed by atoms with van der Waals surface area (Å²) in [4.78, 5) is 174. The first kappa shape index (κ1) is 101. The van der Waals surface area contributed by atoms with Crippen molar-refractivity contribution < 1.29 is 91.5 Å². The van der Waals surface area contributed by atoms with Crippen molar-refractivity contribution in [2.75, 3.05) is 138 Å². The zero-order chi connectivity index (χ0) is 94.3. The van der Waals surface area contributed by atoms with E-state index in [-0.39, 0.29) is 84.6 Å². The number of aliphatic carboxylic acids is 4. The zero-order valence-electron chi connectivity index (χ0n) is 74.9. The highest BCUT2D eigenvalue weighted by Crippen LogP contribution is 2.31. The number of aliphatic imine (C=N–C) groups is 4. The molecule has 8 amide bonds. The van der Waals surface area contributed by atoms with Crippen molar-refractivity contribution in [1.29, 1.82) is 0 Å². The number of halogens is 2. The Morgan fingerprint density at radius 1 is 0.409 bits per heavy atom. The van der Waals surface area contributed by atoms with Crippen LogP contribution < -0.4 is 63.8 Å². The molecule has 13 rings (SSSR count). The van der Waals surface area contributed by atoms with Crippen molar-refractivity contribution >= 4 is 106 Å². The SMILES string of the molecule is Cc1ccc(C(CC(=O)O)NC(=O)C2CCN(C(=O)CCCNC3=NCCN3)CC2)cc1C.O=C(O)CC(NC(=O)C1CCN(C(=O)CCCNC2=NCCN2)CC1)c1cccc2ccccc12.O=C(O)CC(NC(=O)C1CCN(C(=O)OCCNC2=NCCN2)CC1)c1cc(F)cc(F)c1.O=C(O)C[C@H](NC(=O)C1CCN(C(=O)CCCNC2=NCCN2)CC1)c1cccnc1. The van der Waals surface area contributed by atoms with E-state index in [1.807, 2.05) is 89.2 Å². The standard InChI is InChI=1S/C26H33N5O4.C24H35N5O4.C21H27F2N5O5.C21H30N6O4/c32-23(9-4-12-27-26-28-13-14-29-26)31-15-10-19(11-16-31)25(35)30-22(17-24(33)34)21-8-3-6-18-5-1-2-7-20(18)21;1-16-5-6-19(14-17(16)2)20(15-22(31)32)28-23(33)18-7-12-29(13-8-18)21(30)4-3-9-25-24-26-10-11-27-24;22-15-9-14(10-16(23)11-15)17(12-18(29)30)27-19(31)13-1-6-28(7-2-13)21(32)33-8-5-26-20-24-3-4-25-20;28-18(4-2-8-23-21-24-9-10-25-21)27-11-5-15(6-12-27)20(31)26-17(13-19(29)30)16-3-1-7-22-14-16/h1-3,5-8,19,22H,4,9-17H2,(H,30,35)(H,33,34)(H2,27,28,29);5-6,14,18,20H,3-4,7-13,15H2,1-2H3,(H,28,33)(H,31,32)(H2,25,26,27);9-11,13,17H,1-8,12H2,(H,27,31)(H,29,30)(H2,24,25,26);1,3,7,14-15,17H,2,4-6,8-13H2,(H,26,31)(H,29,30)(H2,23,24,25)/t;;;17-/m...0/s1. The number of rotatable bonds is 35. The minimum Gasteiger partial charge on any atom is -0.481 e. The van der Waals surface area contributed by atoms with Crippen LogP contribution in [0.25, 0.3) is 10.8 Å². The van der Waals surface area contributed by atoms with Crippen LogP contribution in [0.3, 0.4) is 0 Å². The lowest BCUT2D eigenvalue weighted by Gasteiger charge is -2.32. The second-order valence-corrected chi connectivity index (χ2v) is 33.5. The molecule has 16 N–H and O–H groups in total. The summed E-state index contributed by atoms with van der Waals surface area (Å²) in [7, 11) is 0.